The maximum atomic E-state index is 13.2. The van der Waals surface area contributed by atoms with Crippen molar-refractivity contribution < 1.29 is 22.8 Å². The van der Waals surface area contributed by atoms with E-state index in [0.717, 1.165) is 12.5 Å². The molecule has 3 N–H and O–H groups in total. The molecule has 1 aromatic rings. The van der Waals surface area contributed by atoms with Crippen LogP contribution in [0.3, 0.4) is 0 Å². The SMILES string of the molecule is Cc1c(N2CCCC2=O)cccc1S(=O)(=O)N[C@@H](C(N)=O)C(=O)N1CCN(CC2CC2)CC1. The number of primary amides is 1. The Hall–Kier alpha value is -2.50. The van der Waals surface area contributed by atoms with Crippen LogP contribution in [0.2, 0.25) is 0 Å². The molecule has 4 rings (SSSR count). The molecular formula is C22H31N5O5S. The highest BCUT2D eigenvalue weighted by Gasteiger charge is 2.36. The summed E-state index contributed by atoms with van der Waals surface area (Å²) in [7, 11) is -4.25. The fourth-order valence-electron chi connectivity index (χ4n) is 4.54. The summed E-state index contributed by atoms with van der Waals surface area (Å²) in [6, 6.07) is 2.93. The van der Waals surface area contributed by atoms with E-state index in [0.29, 0.717) is 56.8 Å². The first-order valence-corrected chi connectivity index (χ1v) is 12.9. The predicted octanol–water partition coefficient (Wildman–Crippen LogP) is -0.192. The monoisotopic (exact) mass is 477 g/mol. The minimum atomic E-state index is -4.25. The third kappa shape index (κ3) is 5.20. The van der Waals surface area contributed by atoms with Crippen LogP contribution >= 0.6 is 0 Å². The standard InChI is InChI=1S/C22H31N5O5S/c1-15-17(27-9-3-6-19(27)28)4-2-5-18(15)33(31,32)24-20(21(23)29)22(30)26-12-10-25(11-13-26)14-16-7-8-16/h2,4-5,16,20,24H,3,6-14H2,1H3,(H2,23,29)/t20-/m0/s1. The molecule has 0 bridgehead atoms. The number of amides is 3. The van der Waals surface area contributed by atoms with Gasteiger partial charge in [0.1, 0.15) is 0 Å². The molecule has 33 heavy (non-hydrogen) atoms. The van der Waals surface area contributed by atoms with Crippen LogP contribution in [0.4, 0.5) is 5.69 Å². The van der Waals surface area contributed by atoms with Gasteiger partial charge >= 0.3 is 0 Å². The summed E-state index contributed by atoms with van der Waals surface area (Å²) in [5, 5.41) is 0. The van der Waals surface area contributed by atoms with Crippen LogP contribution in [-0.2, 0) is 24.4 Å². The van der Waals surface area contributed by atoms with E-state index in [9.17, 15) is 22.8 Å². The highest BCUT2D eigenvalue weighted by atomic mass is 32.2. The van der Waals surface area contributed by atoms with Gasteiger partial charge in [-0.15, -0.1) is 0 Å². The van der Waals surface area contributed by atoms with Crippen LogP contribution in [0.15, 0.2) is 23.1 Å². The second-order valence-electron chi connectivity index (χ2n) is 9.08. The fraction of sp³-hybridized carbons (Fsp3) is 0.591. The summed E-state index contributed by atoms with van der Waals surface area (Å²) >= 11 is 0. The lowest BCUT2D eigenvalue weighted by molar-refractivity contribution is -0.139. The van der Waals surface area contributed by atoms with Gasteiger partial charge in [0.25, 0.3) is 5.91 Å². The summed E-state index contributed by atoms with van der Waals surface area (Å²) in [5.74, 6) is -1.01. The lowest BCUT2D eigenvalue weighted by Crippen LogP contribution is -2.58. The molecular weight excluding hydrogens is 446 g/mol. The average molecular weight is 478 g/mol. The third-order valence-electron chi connectivity index (χ3n) is 6.61. The summed E-state index contributed by atoms with van der Waals surface area (Å²) in [5.41, 5.74) is 6.33. The van der Waals surface area contributed by atoms with Crippen LogP contribution in [-0.4, -0.2) is 81.2 Å². The molecule has 2 aliphatic heterocycles. The van der Waals surface area contributed by atoms with Gasteiger partial charge in [0.2, 0.25) is 21.8 Å². The first-order valence-electron chi connectivity index (χ1n) is 11.4. The number of anilines is 1. The van der Waals surface area contributed by atoms with Gasteiger partial charge < -0.3 is 15.5 Å². The molecule has 0 aromatic heterocycles. The minimum Gasteiger partial charge on any atom is -0.368 e. The molecule has 3 fully saturated rings. The van der Waals surface area contributed by atoms with Gasteiger partial charge in [-0.05, 0) is 49.8 Å². The largest absolute Gasteiger partial charge is 0.368 e. The van der Waals surface area contributed by atoms with E-state index < -0.39 is 27.9 Å². The van der Waals surface area contributed by atoms with Crippen molar-refractivity contribution in [3.05, 3.63) is 23.8 Å². The van der Waals surface area contributed by atoms with Crippen molar-refractivity contribution in [1.29, 1.82) is 0 Å². The lowest BCUT2D eigenvalue weighted by atomic mass is 10.2. The Morgan fingerprint density at radius 1 is 1.15 bits per heavy atom. The summed E-state index contributed by atoms with van der Waals surface area (Å²) in [6.45, 7) is 5.35. The molecule has 2 saturated heterocycles. The number of nitrogens with two attached hydrogens (primary N) is 1. The Balaban J connectivity index is 1.49. The molecule has 3 aliphatic rings. The normalized spacial score (nSPS) is 20.8. The molecule has 1 saturated carbocycles. The van der Waals surface area contributed by atoms with Gasteiger partial charge in [-0.3, -0.25) is 19.3 Å². The molecule has 3 amide bonds. The fourth-order valence-corrected chi connectivity index (χ4v) is 5.96. The Morgan fingerprint density at radius 2 is 1.85 bits per heavy atom. The third-order valence-corrected chi connectivity index (χ3v) is 8.18. The molecule has 0 spiro atoms. The Labute approximate surface area is 194 Å². The van der Waals surface area contributed by atoms with E-state index in [1.807, 2.05) is 0 Å². The molecule has 1 aromatic carbocycles. The van der Waals surface area contributed by atoms with Crippen molar-refractivity contribution in [3.8, 4) is 0 Å². The highest BCUT2D eigenvalue weighted by molar-refractivity contribution is 7.89. The lowest BCUT2D eigenvalue weighted by Gasteiger charge is -2.36. The number of nitrogens with zero attached hydrogens (tertiary/aromatic N) is 3. The van der Waals surface area contributed by atoms with E-state index >= 15 is 0 Å². The summed E-state index contributed by atoms with van der Waals surface area (Å²) in [4.78, 5) is 42.5. The molecule has 180 valence electrons. The van der Waals surface area contributed by atoms with Gasteiger partial charge in [0.05, 0.1) is 4.90 Å². The second-order valence-corrected chi connectivity index (χ2v) is 10.8. The summed E-state index contributed by atoms with van der Waals surface area (Å²) < 4.78 is 28.6. The minimum absolute atomic E-state index is 0.0633. The van der Waals surface area contributed by atoms with Crippen LogP contribution in [0.25, 0.3) is 0 Å². The first-order chi connectivity index (χ1) is 15.7. The number of hydrogen-bond acceptors (Lipinski definition) is 6. The van der Waals surface area contributed by atoms with Crippen LogP contribution in [0, 0.1) is 12.8 Å². The molecule has 0 unspecified atom stereocenters. The van der Waals surface area contributed by atoms with Crippen molar-refractivity contribution in [3.63, 3.8) is 0 Å². The Bertz CT molecular complexity index is 1050. The zero-order valence-electron chi connectivity index (χ0n) is 18.8. The van der Waals surface area contributed by atoms with E-state index in [1.165, 1.54) is 23.8 Å². The maximum absolute atomic E-state index is 13.2. The second kappa shape index (κ2) is 9.40. The van der Waals surface area contributed by atoms with Gasteiger partial charge in [-0.1, -0.05) is 6.07 Å². The van der Waals surface area contributed by atoms with E-state index in [-0.39, 0.29) is 10.8 Å². The molecule has 11 heteroatoms. The topological polar surface area (TPSA) is 133 Å². The number of piperazine rings is 1. The molecule has 10 nitrogen and oxygen atoms in total. The average Bonchev–Trinajstić information content (AvgIpc) is 3.49. The van der Waals surface area contributed by atoms with Crippen molar-refractivity contribution in [2.45, 2.75) is 43.5 Å². The Morgan fingerprint density at radius 3 is 2.42 bits per heavy atom. The Kier molecular flexibility index (Phi) is 6.73. The predicted molar refractivity (Wildman–Crippen MR) is 122 cm³/mol. The molecule has 1 aliphatic carbocycles. The number of rotatable bonds is 8. The molecule has 1 atom stereocenters. The number of benzene rings is 1. The van der Waals surface area contributed by atoms with Crippen LogP contribution < -0.4 is 15.4 Å². The zero-order valence-corrected chi connectivity index (χ0v) is 19.6. The zero-order chi connectivity index (χ0) is 23.8. The number of carbonyl (C=O) groups excluding carboxylic acids is 3. The highest BCUT2D eigenvalue weighted by Crippen LogP contribution is 2.30. The number of sulfonamides is 1. The number of hydrogen-bond donors (Lipinski definition) is 2. The van der Waals surface area contributed by atoms with Crippen LogP contribution in [0.5, 0.6) is 0 Å². The van der Waals surface area contributed by atoms with Gasteiger partial charge in [-0.25, -0.2) is 8.42 Å². The first kappa shape index (κ1) is 23.7. The van der Waals surface area contributed by atoms with Gasteiger partial charge in [-0.2, -0.15) is 4.72 Å². The van der Waals surface area contributed by atoms with Crippen molar-refractivity contribution in [2.75, 3.05) is 44.2 Å². The number of carbonyl (C=O) groups is 3. The van der Waals surface area contributed by atoms with Gasteiger partial charge in [0, 0.05) is 51.4 Å². The van der Waals surface area contributed by atoms with E-state index in [1.54, 1.807) is 24.0 Å². The smallest absolute Gasteiger partial charge is 0.250 e. The number of nitrogens with one attached hydrogen (secondary N) is 1. The van der Waals surface area contributed by atoms with Gasteiger partial charge in [0.15, 0.2) is 6.04 Å². The van der Waals surface area contributed by atoms with Crippen molar-refractivity contribution in [1.82, 2.24) is 14.5 Å². The van der Waals surface area contributed by atoms with Crippen LogP contribution in [0.1, 0.15) is 31.2 Å². The molecule has 2 heterocycles. The van der Waals surface area contributed by atoms with Crippen molar-refractivity contribution >= 4 is 33.4 Å². The quantitative estimate of drug-likeness (QED) is 0.499. The molecule has 0 radical (unpaired) electrons. The summed E-state index contributed by atoms with van der Waals surface area (Å²) in [6.07, 6.45) is 3.62. The van der Waals surface area contributed by atoms with E-state index in [4.69, 9.17) is 5.73 Å². The maximum Gasteiger partial charge on any atom is 0.250 e. The van der Waals surface area contributed by atoms with Crippen molar-refractivity contribution in [2.24, 2.45) is 11.7 Å². The van der Waals surface area contributed by atoms with E-state index in [2.05, 4.69) is 9.62 Å².